The van der Waals surface area contributed by atoms with Crippen molar-refractivity contribution in [1.29, 1.82) is 0 Å². The molecule has 0 unspecified atom stereocenters. The second-order valence-corrected chi connectivity index (χ2v) is 7.19. The largest absolute Gasteiger partial charge is 0.478 e. The molecule has 0 aliphatic carbocycles. The smallest absolute Gasteiger partial charge is 0.335 e. The number of carboxylic acids is 1. The zero-order valence-electron chi connectivity index (χ0n) is 14.3. The molecule has 0 atom stereocenters. The first-order chi connectivity index (χ1) is 11.5. The minimum Gasteiger partial charge on any atom is -0.478 e. The third kappa shape index (κ3) is 3.61. The Kier molecular flexibility index (Phi) is 4.90. The van der Waals surface area contributed by atoms with Crippen molar-refractivity contribution in [2.24, 2.45) is 5.41 Å². The van der Waals surface area contributed by atoms with Gasteiger partial charge in [-0.3, -0.25) is 9.69 Å². The van der Waals surface area contributed by atoms with Crippen molar-refractivity contribution in [2.75, 3.05) is 26.2 Å². The molecule has 24 heavy (non-hydrogen) atoms. The predicted molar refractivity (Wildman–Crippen MR) is 91.8 cm³/mol. The van der Waals surface area contributed by atoms with E-state index < -0.39 is 5.97 Å². The molecule has 1 aromatic rings. The highest BCUT2D eigenvalue weighted by molar-refractivity contribution is 5.87. The topological polar surface area (TPSA) is 60.9 Å². The number of aromatic carboxylic acids is 1. The van der Waals surface area contributed by atoms with Gasteiger partial charge in [0.05, 0.1) is 5.56 Å². The van der Waals surface area contributed by atoms with Crippen molar-refractivity contribution >= 4 is 11.9 Å². The van der Waals surface area contributed by atoms with Gasteiger partial charge >= 0.3 is 5.97 Å². The number of benzene rings is 1. The second kappa shape index (κ2) is 6.93. The van der Waals surface area contributed by atoms with Crippen LogP contribution in [0.5, 0.6) is 0 Å². The number of hydrogen-bond acceptors (Lipinski definition) is 3. The minimum absolute atomic E-state index is 0.309. The number of nitrogens with zero attached hydrogens (tertiary/aromatic N) is 2. The maximum absolute atomic E-state index is 11.9. The zero-order valence-corrected chi connectivity index (χ0v) is 14.3. The summed E-state index contributed by atoms with van der Waals surface area (Å²) >= 11 is 0. The fourth-order valence-corrected chi connectivity index (χ4v) is 4.00. The summed E-state index contributed by atoms with van der Waals surface area (Å²) in [6.45, 7) is 6.77. The zero-order chi connectivity index (χ0) is 17.2. The Hall–Kier alpha value is -1.88. The highest BCUT2D eigenvalue weighted by Crippen LogP contribution is 2.40. The molecule has 2 fully saturated rings. The number of carboxylic acid groups (broad SMARTS) is 1. The SMILES string of the molecule is CCN1CC2(CCC1=O)CCN(Cc1ccc(C(=O)O)cc1)CC2. The molecule has 130 valence electrons. The monoisotopic (exact) mass is 330 g/mol. The van der Waals surface area contributed by atoms with Crippen LogP contribution in [0, 0.1) is 5.41 Å². The van der Waals surface area contributed by atoms with Gasteiger partial charge in [0.2, 0.25) is 5.91 Å². The van der Waals surface area contributed by atoms with E-state index in [9.17, 15) is 9.59 Å². The Morgan fingerprint density at radius 3 is 2.42 bits per heavy atom. The average molecular weight is 330 g/mol. The molecule has 3 rings (SSSR count). The van der Waals surface area contributed by atoms with Gasteiger partial charge in [-0.15, -0.1) is 0 Å². The highest BCUT2D eigenvalue weighted by Gasteiger charge is 2.40. The van der Waals surface area contributed by atoms with Crippen molar-refractivity contribution in [2.45, 2.75) is 39.2 Å². The summed E-state index contributed by atoms with van der Waals surface area (Å²) in [7, 11) is 0. The molecule has 0 aromatic heterocycles. The van der Waals surface area contributed by atoms with Gasteiger partial charge in [0.25, 0.3) is 0 Å². The normalized spacial score (nSPS) is 21.2. The van der Waals surface area contributed by atoms with Crippen LogP contribution < -0.4 is 0 Å². The number of hydrogen-bond donors (Lipinski definition) is 1. The number of rotatable bonds is 4. The Morgan fingerprint density at radius 2 is 1.83 bits per heavy atom. The summed E-state index contributed by atoms with van der Waals surface area (Å²) in [6, 6.07) is 7.17. The lowest BCUT2D eigenvalue weighted by Crippen LogP contribution is -2.51. The predicted octanol–water partition coefficient (Wildman–Crippen LogP) is 2.61. The molecule has 1 N–H and O–H groups in total. The molecule has 0 saturated carbocycles. The fourth-order valence-electron chi connectivity index (χ4n) is 4.00. The molecule has 2 saturated heterocycles. The van der Waals surface area contributed by atoms with Crippen LogP contribution in [-0.4, -0.2) is 53.0 Å². The highest BCUT2D eigenvalue weighted by atomic mass is 16.4. The van der Waals surface area contributed by atoms with Gasteiger partial charge in [0.15, 0.2) is 0 Å². The van der Waals surface area contributed by atoms with Crippen molar-refractivity contribution in [3.05, 3.63) is 35.4 Å². The lowest BCUT2D eigenvalue weighted by molar-refractivity contribution is -0.138. The van der Waals surface area contributed by atoms with Gasteiger partial charge in [-0.05, 0) is 62.4 Å². The van der Waals surface area contributed by atoms with Gasteiger partial charge in [0.1, 0.15) is 0 Å². The van der Waals surface area contributed by atoms with Crippen LogP contribution >= 0.6 is 0 Å². The Bertz CT molecular complexity index is 604. The summed E-state index contributed by atoms with van der Waals surface area (Å²) in [5.41, 5.74) is 1.81. The van der Waals surface area contributed by atoms with E-state index in [-0.39, 0.29) is 0 Å². The number of piperidine rings is 2. The molecule has 2 heterocycles. The molecule has 2 aliphatic rings. The maximum Gasteiger partial charge on any atom is 0.335 e. The summed E-state index contributed by atoms with van der Waals surface area (Å²) in [5.74, 6) is -0.571. The van der Waals surface area contributed by atoms with Gasteiger partial charge in [-0.25, -0.2) is 4.79 Å². The molecule has 0 bridgehead atoms. The van der Waals surface area contributed by atoms with Crippen LogP contribution in [0.25, 0.3) is 0 Å². The second-order valence-electron chi connectivity index (χ2n) is 7.19. The van der Waals surface area contributed by atoms with Crippen LogP contribution in [0.2, 0.25) is 0 Å². The van der Waals surface area contributed by atoms with Crippen molar-refractivity contribution in [3.63, 3.8) is 0 Å². The fraction of sp³-hybridized carbons (Fsp3) is 0.579. The minimum atomic E-state index is -0.881. The van der Waals surface area contributed by atoms with E-state index in [1.807, 2.05) is 17.0 Å². The molecular formula is C19H26N2O3. The first-order valence-electron chi connectivity index (χ1n) is 8.84. The van der Waals surface area contributed by atoms with Crippen molar-refractivity contribution in [3.8, 4) is 0 Å². The van der Waals surface area contributed by atoms with E-state index >= 15 is 0 Å². The van der Waals surface area contributed by atoms with E-state index in [0.717, 1.165) is 57.5 Å². The summed E-state index contributed by atoms with van der Waals surface area (Å²) < 4.78 is 0. The Labute approximate surface area is 143 Å². The van der Waals surface area contributed by atoms with Gasteiger partial charge in [0, 0.05) is 26.1 Å². The van der Waals surface area contributed by atoms with Gasteiger partial charge in [-0.1, -0.05) is 12.1 Å². The van der Waals surface area contributed by atoms with Crippen molar-refractivity contribution < 1.29 is 14.7 Å². The number of likely N-dealkylation sites (tertiary alicyclic amines) is 2. The number of carbonyl (C=O) groups is 2. The van der Waals surface area contributed by atoms with Crippen LogP contribution in [0.1, 0.15) is 48.5 Å². The standard InChI is InChI=1S/C19H26N2O3/c1-2-21-14-19(8-7-17(21)22)9-11-20(12-10-19)13-15-3-5-16(6-4-15)18(23)24/h3-6H,2,7-14H2,1H3,(H,23,24). The quantitative estimate of drug-likeness (QED) is 0.922. The van der Waals surface area contributed by atoms with Crippen LogP contribution in [0.15, 0.2) is 24.3 Å². The third-order valence-electron chi connectivity index (χ3n) is 5.65. The van der Waals surface area contributed by atoms with Crippen molar-refractivity contribution in [1.82, 2.24) is 9.80 Å². The lowest BCUT2D eigenvalue weighted by Gasteiger charge is -2.47. The van der Waals surface area contributed by atoms with Crippen LogP contribution in [0.3, 0.4) is 0 Å². The molecule has 1 spiro atoms. The molecule has 0 radical (unpaired) electrons. The van der Waals surface area contributed by atoms with Crippen LogP contribution in [-0.2, 0) is 11.3 Å². The van der Waals surface area contributed by atoms with Gasteiger partial charge in [-0.2, -0.15) is 0 Å². The first kappa shape index (κ1) is 17.0. The number of carbonyl (C=O) groups excluding carboxylic acids is 1. The maximum atomic E-state index is 11.9. The third-order valence-corrected chi connectivity index (χ3v) is 5.65. The molecule has 5 nitrogen and oxygen atoms in total. The summed E-state index contributed by atoms with van der Waals surface area (Å²) in [4.78, 5) is 27.3. The summed E-state index contributed by atoms with van der Waals surface area (Å²) in [5, 5.41) is 8.96. The Balaban J connectivity index is 1.55. The number of amides is 1. The van der Waals surface area contributed by atoms with E-state index in [1.165, 1.54) is 0 Å². The molecular weight excluding hydrogens is 304 g/mol. The lowest BCUT2D eigenvalue weighted by atomic mass is 9.72. The summed E-state index contributed by atoms with van der Waals surface area (Å²) in [6.07, 6.45) is 4.02. The van der Waals surface area contributed by atoms with E-state index in [1.54, 1.807) is 12.1 Å². The molecule has 5 heteroatoms. The molecule has 2 aliphatic heterocycles. The van der Waals surface area contributed by atoms with E-state index in [0.29, 0.717) is 23.3 Å². The van der Waals surface area contributed by atoms with E-state index in [4.69, 9.17) is 5.11 Å². The first-order valence-corrected chi connectivity index (χ1v) is 8.84. The molecule has 1 aromatic carbocycles. The average Bonchev–Trinajstić information content (AvgIpc) is 2.60. The van der Waals surface area contributed by atoms with Crippen LogP contribution in [0.4, 0.5) is 0 Å². The molecule has 1 amide bonds. The van der Waals surface area contributed by atoms with Gasteiger partial charge < -0.3 is 10.0 Å². The Morgan fingerprint density at radius 1 is 1.17 bits per heavy atom. The van der Waals surface area contributed by atoms with E-state index in [2.05, 4.69) is 11.8 Å².